The summed E-state index contributed by atoms with van der Waals surface area (Å²) < 4.78 is 2.05. The lowest BCUT2D eigenvalue weighted by Crippen LogP contribution is -2.17. The summed E-state index contributed by atoms with van der Waals surface area (Å²) in [6.45, 7) is 1.75. The van der Waals surface area contributed by atoms with Gasteiger partial charge in [0.1, 0.15) is 5.82 Å². The number of nitrogens with one attached hydrogen (secondary N) is 2. The lowest BCUT2D eigenvalue weighted by atomic mass is 10.2. The predicted octanol–water partition coefficient (Wildman–Crippen LogP) is 2.89. The number of imidazole rings is 1. The number of aromatic amines is 1. The molecule has 0 fully saturated rings. The minimum absolute atomic E-state index is 0.758. The molecule has 5 heteroatoms. The smallest absolute Gasteiger partial charge is 0.109 e. The van der Waals surface area contributed by atoms with Crippen molar-refractivity contribution < 1.29 is 0 Å². The van der Waals surface area contributed by atoms with E-state index in [9.17, 15) is 0 Å². The lowest BCUT2D eigenvalue weighted by Gasteiger charge is -2.04. The van der Waals surface area contributed by atoms with Crippen LogP contribution in [0.2, 0.25) is 5.02 Å². The number of hydrogen-bond donors (Lipinski definition) is 2. The number of fused-ring (bicyclic) bond motifs is 1. The Hall–Kier alpha value is -1.78. The van der Waals surface area contributed by atoms with Gasteiger partial charge < -0.3 is 14.9 Å². The van der Waals surface area contributed by atoms with Crippen LogP contribution in [0.1, 0.15) is 11.4 Å². The van der Waals surface area contributed by atoms with Crippen molar-refractivity contribution in [2.24, 2.45) is 7.05 Å². The molecule has 0 saturated heterocycles. The number of benzene rings is 1. The number of H-pyrrole nitrogens is 1. The molecule has 0 aliphatic carbocycles. The molecule has 0 saturated carbocycles. The summed E-state index contributed by atoms with van der Waals surface area (Å²) in [6.07, 6.45) is 6.77. The highest BCUT2D eigenvalue weighted by molar-refractivity contribution is 6.31. The molecule has 0 amide bonds. The molecule has 0 unspecified atom stereocenters. The van der Waals surface area contributed by atoms with Crippen LogP contribution in [0, 0.1) is 0 Å². The van der Waals surface area contributed by atoms with E-state index in [1.807, 2.05) is 37.8 Å². The van der Waals surface area contributed by atoms with Gasteiger partial charge in [0.25, 0.3) is 0 Å². The summed E-state index contributed by atoms with van der Waals surface area (Å²) in [4.78, 5) is 7.56. The van der Waals surface area contributed by atoms with E-state index in [0.29, 0.717) is 0 Å². The third-order valence-corrected chi connectivity index (χ3v) is 3.73. The SMILES string of the molecule is Cn1ccnc1CCNCc1c[nH]c2cc(Cl)ccc12. The van der Waals surface area contributed by atoms with Crippen molar-refractivity contribution in [2.75, 3.05) is 6.54 Å². The minimum atomic E-state index is 0.758. The molecule has 3 aromatic rings. The largest absolute Gasteiger partial charge is 0.361 e. The fourth-order valence-corrected chi connectivity index (χ4v) is 2.54. The number of hydrogen-bond acceptors (Lipinski definition) is 2. The fraction of sp³-hybridized carbons (Fsp3) is 0.267. The van der Waals surface area contributed by atoms with Crippen LogP contribution in [0.5, 0.6) is 0 Å². The van der Waals surface area contributed by atoms with Crippen molar-refractivity contribution in [3.8, 4) is 0 Å². The van der Waals surface area contributed by atoms with Crippen molar-refractivity contribution in [1.82, 2.24) is 19.9 Å². The first-order chi connectivity index (χ1) is 9.74. The van der Waals surface area contributed by atoms with E-state index in [0.717, 1.165) is 35.9 Å². The molecule has 0 atom stereocenters. The van der Waals surface area contributed by atoms with Gasteiger partial charge in [0.05, 0.1) is 0 Å². The number of aromatic nitrogens is 3. The molecule has 0 spiro atoms. The minimum Gasteiger partial charge on any atom is -0.361 e. The molecule has 2 N–H and O–H groups in total. The summed E-state index contributed by atoms with van der Waals surface area (Å²) in [7, 11) is 2.02. The summed E-state index contributed by atoms with van der Waals surface area (Å²) in [5.74, 6) is 1.10. The van der Waals surface area contributed by atoms with Crippen LogP contribution in [-0.2, 0) is 20.0 Å². The van der Waals surface area contributed by atoms with Gasteiger partial charge in [0.15, 0.2) is 0 Å². The Balaban J connectivity index is 1.59. The molecule has 0 aliphatic rings. The second-order valence-electron chi connectivity index (χ2n) is 4.88. The summed E-state index contributed by atoms with van der Waals surface area (Å²) in [5, 5.41) is 5.43. The number of aryl methyl sites for hydroxylation is 1. The maximum atomic E-state index is 5.98. The Morgan fingerprint density at radius 3 is 3.10 bits per heavy atom. The van der Waals surface area contributed by atoms with Crippen molar-refractivity contribution in [1.29, 1.82) is 0 Å². The quantitative estimate of drug-likeness (QED) is 0.709. The third-order valence-electron chi connectivity index (χ3n) is 3.49. The third kappa shape index (κ3) is 2.71. The summed E-state index contributed by atoms with van der Waals surface area (Å²) in [6, 6.07) is 5.94. The fourth-order valence-electron chi connectivity index (χ4n) is 2.37. The first kappa shape index (κ1) is 13.2. The summed E-state index contributed by atoms with van der Waals surface area (Å²) >= 11 is 5.98. The van der Waals surface area contributed by atoms with Crippen molar-refractivity contribution in [3.63, 3.8) is 0 Å². The molecule has 20 heavy (non-hydrogen) atoms. The van der Waals surface area contributed by atoms with Gasteiger partial charge in [0, 0.05) is 61.1 Å². The van der Waals surface area contributed by atoms with Gasteiger partial charge in [-0.2, -0.15) is 0 Å². The van der Waals surface area contributed by atoms with E-state index in [4.69, 9.17) is 11.6 Å². The van der Waals surface area contributed by atoms with Crippen molar-refractivity contribution >= 4 is 22.5 Å². The molecule has 4 nitrogen and oxygen atoms in total. The van der Waals surface area contributed by atoms with Crippen molar-refractivity contribution in [2.45, 2.75) is 13.0 Å². The highest BCUT2D eigenvalue weighted by Crippen LogP contribution is 2.21. The maximum Gasteiger partial charge on any atom is 0.109 e. The zero-order valence-corrected chi connectivity index (χ0v) is 12.1. The Morgan fingerprint density at radius 2 is 2.30 bits per heavy atom. The summed E-state index contributed by atoms with van der Waals surface area (Å²) in [5.41, 5.74) is 2.34. The van der Waals surface area contributed by atoms with Crippen molar-refractivity contribution in [3.05, 3.63) is 53.2 Å². The standard InChI is InChI=1S/C15H17ClN4/c1-20-7-6-18-15(20)4-5-17-9-11-10-19-14-8-12(16)2-3-13(11)14/h2-3,6-8,10,17,19H,4-5,9H2,1H3. The van der Waals surface area contributed by atoms with Gasteiger partial charge in [-0.3, -0.25) is 0 Å². The highest BCUT2D eigenvalue weighted by Gasteiger charge is 2.04. The zero-order chi connectivity index (χ0) is 13.9. The van der Waals surface area contributed by atoms with E-state index in [1.54, 1.807) is 0 Å². The second kappa shape index (κ2) is 5.69. The molecule has 2 heterocycles. The number of nitrogens with zero attached hydrogens (tertiary/aromatic N) is 2. The van der Waals surface area contributed by atoms with Crippen LogP contribution in [0.3, 0.4) is 0 Å². The van der Waals surface area contributed by atoms with Crippen LogP contribution in [0.25, 0.3) is 10.9 Å². The van der Waals surface area contributed by atoms with Gasteiger partial charge in [0.2, 0.25) is 0 Å². The average molecular weight is 289 g/mol. The van der Waals surface area contributed by atoms with E-state index in [1.165, 1.54) is 10.9 Å². The van der Waals surface area contributed by atoms with Gasteiger partial charge in [-0.25, -0.2) is 4.98 Å². The Labute approximate surface area is 122 Å². The second-order valence-corrected chi connectivity index (χ2v) is 5.32. The van der Waals surface area contributed by atoms with Crippen LogP contribution in [0.15, 0.2) is 36.8 Å². The van der Waals surface area contributed by atoms with Crippen LogP contribution in [0.4, 0.5) is 0 Å². The zero-order valence-electron chi connectivity index (χ0n) is 11.4. The molecule has 0 bridgehead atoms. The van der Waals surface area contributed by atoms with Crippen LogP contribution >= 0.6 is 11.6 Å². The van der Waals surface area contributed by atoms with Gasteiger partial charge in [-0.1, -0.05) is 17.7 Å². The topological polar surface area (TPSA) is 45.6 Å². The van der Waals surface area contributed by atoms with E-state index < -0.39 is 0 Å². The molecule has 0 radical (unpaired) electrons. The molecular weight excluding hydrogens is 272 g/mol. The number of halogens is 1. The number of rotatable bonds is 5. The highest BCUT2D eigenvalue weighted by atomic mass is 35.5. The van der Waals surface area contributed by atoms with Gasteiger partial charge >= 0.3 is 0 Å². The Morgan fingerprint density at radius 1 is 1.40 bits per heavy atom. The van der Waals surface area contributed by atoms with Gasteiger partial charge in [-0.15, -0.1) is 0 Å². The maximum absolute atomic E-state index is 5.98. The normalized spacial score (nSPS) is 11.3. The molecule has 3 rings (SSSR count). The van der Waals surface area contributed by atoms with Gasteiger partial charge in [-0.05, 0) is 17.7 Å². The Bertz CT molecular complexity index is 714. The molecular formula is C15H17ClN4. The first-order valence-corrected chi connectivity index (χ1v) is 7.04. The average Bonchev–Trinajstić information content (AvgIpc) is 3.01. The monoisotopic (exact) mass is 288 g/mol. The first-order valence-electron chi connectivity index (χ1n) is 6.66. The Kier molecular flexibility index (Phi) is 3.76. The molecule has 2 aromatic heterocycles. The molecule has 1 aromatic carbocycles. The molecule has 104 valence electrons. The molecule has 0 aliphatic heterocycles. The van der Waals surface area contributed by atoms with E-state index >= 15 is 0 Å². The lowest BCUT2D eigenvalue weighted by molar-refractivity contribution is 0.657. The van der Waals surface area contributed by atoms with E-state index in [-0.39, 0.29) is 0 Å². The van der Waals surface area contributed by atoms with Crippen LogP contribution in [-0.4, -0.2) is 21.1 Å². The predicted molar refractivity (Wildman–Crippen MR) is 81.9 cm³/mol. The van der Waals surface area contributed by atoms with E-state index in [2.05, 4.69) is 25.9 Å². The van der Waals surface area contributed by atoms with Crippen LogP contribution < -0.4 is 5.32 Å².